The van der Waals surface area contributed by atoms with Gasteiger partial charge >= 0.3 is 0 Å². The van der Waals surface area contributed by atoms with Crippen LogP contribution in [0, 0.1) is 0 Å². The molecule has 28 heavy (non-hydrogen) atoms. The predicted molar refractivity (Wildman–Crippen MR) is 111 cm³/mol. The normalized spacial score (nSPS) is 11.1. The maximum absolute atomic E-state index is 5.28. The zero-order valence-electron chi connectivity index (χ0n) is 16.3. The lowest BCUT2D eigenvalue weighted by molar-refractivity contribution is 0.415. The van der Waals surface area contributed by atoms with E-state index in [-0.39, 0.29) is 6.04 Å². The molecule has 0 bridgehead atoms. The van der Waals surface area contributed by atoms with Crippen molar-refractivity contribution in [2.45, 2.75) is 26.4 Å². The van der Waals surface area contributed by atoms with E-state index in [4.69, 9.17) is 9.72 Å². The average molecular weight is 373 g/mol. The highest BCUT2D eigenvalue weighted by atomic mass is 16.5. The summed E-state index contributed by atoms with van der Waals surface area (Å²) >= 11 is 0. The van der Waals surface area contributed by atoms with Gasteiger partial charge in [-0.05, 0) is 43.7 Å². The zero-order chi connectivity index (χ0) is 19.5. The first-order chi connectivity index (χ1) is 13.7. The minimum atomic E-state index is 0.207. The number of benzene rings is 2. The fourth-order valence-electron chi connectivity index (χ4n) is 3.25. The molecule has 0 aliphatic heterocycles. The Kier molecular flexibility index (Phi) is 4.93. The van der Waals surface area contributed by atoms with Crippen LogP contribution in [0.2, 0.25) is 0 Å². The Morgan fingerprint density at radius 2 is 1.75 bits per heavy atom. The minimum Gasteiger partial charge on any atom is -0.497 e. The molecule has 4 rings (SSSR count). The molecular weight excluding hydrogens is 350 g/mol. The van der Waals surface area contributed by atoms with Gasteiger partial charge in [-0.2, -0.15) is 0 Å². The van der Waals surface area contributed by atoms with Crippen LogP contribution in [0.25, 0.3) is 22.6 Å². The highest BCUT2D eigenvalue weighted by Gasteiger charge is 2.19. The molecule has 0 unspecified atom stereocenters. The van der Waals surface area contributed by atoms with Gasteiger partial charge in [0.15, 0.2) is 17.0 Å². The molecule has 2 heterocycles. The third kappa shape index (κ3) is 3.41. The highest BCUT2D eigenvalue weighted by Crippen LogP contribution is 2.30. The molecule has 2 aromatic heterocycles. The number of methoxy groups -OCH3 is 1. The fourth-order valence-corrected chi connectivity index (χ4v) is 3.25. The maximum Gasteiger partial charge on any atom is 0.166 e. The summed E-state index contributed by atoms with van der Waals surface area (Å²) < 4.78 is 7.42. The maximum atomic E-state index is 5.28. The van der Waals surface area contributed by atoms with Gasteiger partial charge in [-0.1, -0.05) is 30.3 Å². The summed E-state index contributed by atoms with van der Waals surface area (Å²) in [5.74, 6) is 2.43. The molecule has 142 valence electrons. The lowest BCUT2D eigenvalue weighted by Gasteiger charge is -2.12. The second kappa shape index (κ2) is 7.68. The molecular formula is C22H23N5O. The van der Waals surface area contributed by atoms with Gasteiger partial charge in [0.25, 0.3) is 0 Å². The van der Waals surface area contributed by atoms with Gasteiger partial charge in [0.1, 0.15) is 17.9 Å². The molecule has 0 aliphatic carbocycles. The van der Waals surface area contributed by atoms with Gasteiger partial charge in [-0.3, -0.25) is 0 Å². The smallest absolute Gasteiger partial charge is 0.166 e. The molecule has 0 spiro atoms. The molecule has 0 saturated carbocycles. The van der Waals surface area contributed by atoms with Gasteiger partial charge in [0.2, 0.25) is 0 Å². The van der Waals surface area contributed by atoms with Crippen molar-refractivity contribution in [1.29, 1.82) is 0 Å². The van der Waals surface area contributed by atoms with Gasteiger partial charge in [-0.15, -0.1) is 0 Å². The van der Waals surface area contributed by atoms with Crippen molar-refractivity contribution >= 4 is 17.0 Å². The zero-order valence-corrected chi connectivity index (χ0v) is 16.3. The van der Waals surface area contributed by atoms with Crippen LogP contribution in [-0.2, 0) is 6.54 Å². The number of nitrogens with zero attached hydrogens (tertiary/aromatic N) is 4. The first kappa shape index (κ1) is 18.0. The minimum absolute atomic E-state index is 0.207. The monoisotopic (exact) mass is 373 g/mol. The molecule has 1 N–H and O–H groups in total. The van der Waals surface area contributed by atoms with Gasteiger partial charge < -0.3 is 14.6 Å². The second-order valence-corrected chi connectivity index (χ2v) is 6.86. The topological polar surface area (TPSA) is 64.9 Å². The number of hydrogen-bond donors (Lipinski definition) is 1. The van der Waals surface area contributed by atoms with Crippen molar-refractivity contribution in [2.75, 3.05) is 12.4 Å². The summed E-state index contributed by atoms with van der Waals surface area (Å²) in [5.41, 5.74) is 3.80. The quantitative estimate of drug-likeness (QED) is 0.531. The van der Waals surface area contributed by atoms with Crippen LogP contribution >= 0.6 is 0 Å². The average Bonchev–Trinajstić information content (AvgIpc) is 3.13. The Balaban J connectivity index is 1.76. The van der Waals surface area contributed by atoms with E-state index in [9.17, 15) is 0 Å². The van der Waals surface area contributed by atoms with E-state index in [1.54, 1.807) is 13.4 Å². The molecule has 4 aromatic rings. The fraction of sp³-hybridized carbons (Fsp3) is 0.227. The Morgan fingerprint density at radius 1 is 1.00 bits per heavy atom. The lowest BCUT2D eigenvalue weighted by atomic mass is 10.2. The van der Waals surface area contributed by atoms with E-state index in [1.165, 1.54) is 5.56 Å². The van der Waals surface area contributed by atoms with Crippen molar-refractivity contribution in [2.24, 2.45) is 0 Å². The second-order valence-electron chi connectivity index (χ2n) is 6.86. The number of ether oxygens (including phenoxy) is 1. The third-order valence-electron chi connectivity index (χ3n) is 4.64. The molecule has 6 nitrogen and oxygen atoms in total. The van der Waals surface area contributed by atoms with Crippen LogP contribution in [0.4, 0.5) is 5.82 Å². The summed E-state index contributed by atoms with van der Waals surface area (Å²) in [5, 5.41) is 3.41. The van der Waals surface area contributed by atoms with Crippen LogP contribution in [-0.4, -0.2) is 26.6 Å². The number of anilines is 1. The summed E-state index contributed by atoms with van der Waals surface area (Å²) in [6.45, 7) is 4.94. The first-order valence-electron chi connectivity index (χ1n) is 9.32. The van der Waals surface area contributed by atoms with Crippen LogP contribution in [0.3, 0.4) is 0 Å². The van der Waals surface area contributed by atoms with Crippen LogP contribution < -0.4 is 10.1 Å². The van der Waals surface area contributed by atoms with Crippen molar-refractivity contribution in [3.05, 3.63) is 66.5 Å². The van der Waals surface area contributed by atoms with E-state index in [2.05, 4.69) is 45.8 Å². The predicted octanol–water partition coefficient (Wildman–Crippen LogP) is 4.69. The number of fused-ring (bicyclic) bond motifs is 1. The van der Waals surface area contributed by atoms with E-state index >= 15 is 0 Å². The van der Waals surface area contributed by atoms with Gasteiger partial charge in [0, 0.05) is 18.2 Å². The third-order valence-corrected chi connectivity index (χ3v) is 4.64. The number of hydrogen-bond acceptors (Lipinski definition) is 5. The summed E-state index contributed by atoms with van der Waals surface area (Å²) in [6, 6.07) is 18.4. The van der Waals surface area contributed by atoms with E-state index in [0.717, 1.165) is 34.1 Å². The Morgan fingerprint density at radius 3 is 2.43 bits per heavy atom. The van der Waals surface area contributed by atoms with Crippen molar-refractivity contribution in [3.8, 4) is 17.1 Å². The molecule has 0 amide bonds. The SMILES string of the molecule is COc1ccc(-c2nc3c(NCc4ccccc4)ncnc3n2C(C)C)cc1. The Hall–Kier alpha value is -3.41. The molecule has 6 heteroatoms. The Bertz CT molecular complexity index is 1070. The Labute approximate surface area is 164 Å². The molecule has 0 saturated heterocycles. The van der Waals surface area contributed by atoms with Crippen molar-refractivity contribution in [1.82, 2.24) is 19.5 Å². The number of imidazole rings is 1. The summed E-state index contributed by atoms with van der Waals surface area (Å²) in [6.07, 6.45) is 1.59. The molecule has 0 radical (unpaired) electrons. The standard InChI is InChI=1S/C22H23N5O/c1-15(2)27-21(17-9-11-18(28-3)12-10-17)26-19-20(24-14-25-22(19)27)23-13-16-7-5-4-6-8-16/h4-12,14-15H,13H2,1-3H3,(H,23,24,25). The largest absolute Gasteiger partial charge is 0.497 e. The van der Waals surface area contributed by atoms with E-state index in [1.807, 2.05) is 42.5 Å². The van der Waals surface area contributed by atoms with Crippen LogP contribution in [0.15, 0.2) is 60.9 Å². The number of nitrogens with one attached hydrogen (secondary N) is 1. The van der Waals surface area contributed by atoms with Gasteiger partial charge in [-0.25, -0.2) is 15.0 Å². The summed E-state index contributed by atoms with van der Waals surface area (Å²) in [4.78, 5) is 13.9. The lowest BCUT2D eigenvalue weighted by Crippen LogP contribution is -2.05. The van der Waals surface area contributed by atoms with E-state index in [0.29, 0.717) is 6.54 Å². The highest BCUT2D eigenvalue weighted by molar-refractivity contribution is 5.86. The van der Waals surface area contributed by atoms with Crippen molar-refractivity contribution in [3.63, 3.8) is 0 Å². The number of rotatable bonds is 6. The summed E-state index contributed by atoms with van der Waals surface area (Å²) in [7, 11) is 1.67. The van der Waals surface area contributed by atoms with Gasteiger partial charge in [0.05, 0.1) is 7.11 Å². The van der Waals surface area contributed by atoms with Crippen molar-refractivity contribution < 1.29 is 4.74 Å². The first-order valence-corrected chi connectivity index (χ1v) is 9.32. The molecule has 0 atom stereocenters. The van der Waals surface area contributed by atoms with Crippen LogP contribution in [0.1, 0.15) is 25.5 Å². The number of aromatic nitrogens is 4. The molecule has 0 fully saturated rings. The molecule has 0 aliphatic rings. The molecule has 2 aromatic carbocycles. The van der Waals surface area contributed by atoms with E-state index < -0.39 is 0 Å². The van der Waals surface area contributed by atoms with Crippen LogP contribution in [0.5, 0.6) is 5.75 Å².